The molecule has 0 radical (unpaired) electrons. The number of aliphatic carboxylic acids is 2. The highest BCUT2D eigenvalue weighted by Crippen LogP contribution is 1.97. The standard InChI is InChI=1S/C12H26O3.C8H18O3.C4H6O6/c1-12(2)11-15-10-6-5-9-14-8-4-3-7-13;9-5-1-3-7-11-8-4-2-6-10;5-1(3(7)8)2(6)4(9)10/h12-13H,3-11H2,1-2H3;9-10H,1-8H2;1-2,5-6H,(H,7,8)(H,9,10). The molecule has 0 fully saturated rings. The fourth-order valence-electron chi connectivity index (χ4n) is 2.15. The van der Waals surface area contributed by atoms with E-state index in [0.717, 1.165) is 91.0 Å². The zero-order chi connectivity index (χ0) is 28.0. The monoisotopic (exact) mass is 530 g/mol. The molecule has 2 atom stereocenters. The van der Waals surface area contributed by atoms with Gasteiger partial charge in [-0.2, -0.15) is 0 Å². The molecule has 0 aromatic rings. The molecule has 0 aromatic heterocycles. The third kappa shape index (κ3) is 34.8. The molecule has 218 valence electrons. The van der Waals surface area contributed by atoms with Crippen molar-refractivity contribution in [2.45, 2.75) is 77.4 Å². The van der Waals surface area contributed by atoms with Crippen molar-refractivity contribution in [2.24, 2.45) is 5.92 Å². The van der Waals surface area contributed by atoms with Gasteiger partial charge in [-0.3, -0.25) is 0 Å². The van der Waals surface area contributed by atoms with Gasteiger partial charge in [-0.15, -0.1) is 0 Å². The zero-order valence-corrected chi connectivity index (χ0v) is 21.9. The summed E-state index contributed by atoms with van der Waals surface area (Å²) >= 11 is 0. The van der Waals surface area contributed by atoms with Crippen LogP contribution in [0.25, 0.3) is 0 Å². The Balaban J connectivity index is -0.000000466. The van der Waals surface area contributed by atoms with Crippen molar-refractivity contribution in [2.75, 3.05) is 59.5 Å². The Hall–Kier alpha value is -1.38. The van der Waals surface area contributed by atoms with Crippen LogP contribution < -0.4 is 0 Å². The molecule has 0 aliphatic heterocycles. The Morgan fingerprint density at radius 3 is 1.08 bits per heavy atom. The summed E-state index contributed by atoms with van der Waals surface area (Å²) < 4.78 is 16.1. The first-order chi connectivity index (χ1) is 17.1. The van der Waals surface area contributed by atoms with Crippen molar-refractivity contribution in [1.82, 2.24) is 0 Å². The Morgan fingerprint density at radius 2 is 0.833 bits per heavy atom. The summed E-state index contributed by atoms with van der Waals surface area (Å²) in [6, 6.07) is 0. The smallest absolute Gasteiger partial charge is 0.335 e. The first-order valence-corrected chi connectivity index (χ1v) is 12.5. The van der Waals surface area contributed by atoms with Gasteiger partial charge in [-0.25, -0.2) is 9.59 Å². The van der Waals surface area contributed by atoms with E-state index in [-0.39, 0.29) is 19.8 Å². The van der Waals surface area contributed by atoms with Gasteiger partial charge in [0.1, 0.15) is 0 Å². The zero-order valence-electron chi connectivity index (χ0n) is 21.9. The summed E-state index contributed by atoms with van der Waals surface area (Å²) in [6.07, 6.45) is 2.91. The Kier molecular flexibility index (Phi) is 34.4. The second kappa shape index (κ2) is 31.6. The van der Waals surface area contributed by atoms with Gasteiger partial charge in [0.05, 0.1) is 0 Å². The third-order valence-corrected chi connectivity index (χ3v) is 4.17. The minimum Gasteiger partial charge on any atom is -0.479 e. The summed E-state index contributed by atoms with van der Waals surface area (Å²) in [6.45, 7) is 9.83. The van der Waals surface area contributed by atoms with E-state index < -0.39 is 24.1 Å². The van der Waals surface area contributed by atoms with E-state index in [9.17, 15) is 9.59 Å². The molecule has 2 unspecified atom stereocenters. The highest BCUT2D eigenvalue weighted by molar-refractivity contribution is 5.83. The molecule has 0 saturated heterocycles. The van der Waals surface area contributed by atoms with Gasteiger partial charge in [0.2, 0.25) is 0 Å². The minimum atomic E-state index is -2.27. The molecule has 0 amide bonds. The predicted octanol–water partition coefficient (Wildman–Crippen LogP) is 0.654. The molecule has 0 spiro atoms. The van der Waals surface area contributed by atoms with Crippen molar-refractivity contribution >= 4 is 11.9 Å². The molecular weight excluding hydrogens is 480 g/mol. The maximum absolute atomic E-state index is 9.77. The second-order valence-electron chi connectivity index (χ2n) is 8.26. The fourth-order valence-corrected chi connectivity index (χ4v) is 2.15. The molecule has 0 bridgehead atoms. The second-order valence-corrected chi connectivity index (χ2v) is 8.26. The van der Waals surface area contributed by atoms with Gasteiger partial charge < -0.3 is 50.0 Å². The molecule has 0 aliphatic rings. The number of hydrogen-bond acceptors (Lipinski definition) is 10. The quantitative estimate of drug-likeness (QED) is 0.0964. The van der Waals surface area contributed by atoms with Gasteiger partial charge >= 0.3 is 11.9 Å². The van der Waals surface area contributed by atoms with Crippen molar-refractivity contribution in [3.8, 4) is 0 Å². The van der Waals surface area contributed by atoms with E-state index in [0.29, 0.717) is 5.92 Å². The molecular formula is C24H50O12. The number of carbonyl (C=O) groups is 2. The van der Waals surface area contributed by atoms with Crippen LogP contribution in [0.3, 0.4) is 0 Å². The van der Waals surface area contributed by atoms with E-state index in [2.05, 4.69) is 13.8 Å². The molecule has 0 heterocycles. The average molecular weight is 531 g/mol. The number of ether oxygens (including phenoxy) is 3. The average Bonchev–Trinajstić information content (AvgIpc) is 2.84. The fraction of sp³-hybridized carbons (Fsp3) is 0.917. The highest BCUT2D eigenvalue weighted by Gasteiger charge is 2.29. The molecule has 0 aromatic carbocycles. The van der Waals surface area contributed by atoms with Gasteiger partial charge in [0, 0.05) is 59.5 Å². The van der Waals surface area contributed by atoms with Crippen molar-refractivity contribution < 1.29 is 59.5 Å². The maximum Gasteiger partial charge on any atom is 0.335 e. The molecule has 12 heteroatoms. The number of rotatable bonds is 22. The van der Waals surface area contributed by atoms with Gasteiger partial charge in [-0.05, 0) is 57.3 Å². The van der Waals surface area contributed by atoms with E-state index >= 15 is 0 Å². The first-order valence-electron chi connectivity index (χ1n) is 12.5. The number of aliphatic hydroxyl groups excluding tert-OH is 5. The molecule has 0 aliphatic carbocycles. The van der Waals surface area contributed by atoms with Crippen molar-refractivity contribution in [3.63, 3.8) is 0 Å². The lowest BCUT2D eigenvalue weighted by atomic mass is 10.2. The van der Waals surface area contributed by atoms with Crippen LogP contribution in [0, 0.1) is 5.92 Å². The number of carboxylic acid groups (broad SMARTS) is 2. The number of aliphatic hydroxyl groups is 5. The molecule has 7 N–H and O–H groups in total. The van der Waals surface area contributed by atoms with Crippen LogP contribution in [0.5, 0.6) is 0 Å². The highest BCUT2D eigenvalue weighted by atomic mass is 16.5. The summed E-state index contributed by atoms with van der Waals surface area (Å²) in [5.74, 6) is -2.91. The van der Waals surface area contributed by atoms with E-state index in [1.54, 1.807) is 0 Å². The first kappa shape index (κ1) is 39.1. The van der Waals surface area contributed by atoms with Gasteiger partial charge in [0.15, 0.2) is 12.2 Å². The summed E-state index contributed by atoms with van der Waals surface area (Å²) in [7, 11) is 0. The Morgan fingerprint density at radius 1 is 0.556 bits per heavy atom. The number of unbranched alkanes of at least 4 members (excludes halogenated alkanes) is 4. The lowest BCUT2D eigenvalue weighted by Gasteiger charge is -2.07. The summed E-state index contributed by atoms with van der Waals surface area (Å²) in [5.41, 5.74) is 0. The van der Waals surface area contributed by atoms with E-state index in [1.165, 1.54) is 0 Å². The van der Waals surface area contributed by atoms with Crippen LogP contribution >= 0.6 is 0 Å². The third-order valence-electron chi connectivity index (χ3n) is 4.17. The van der Waals surface area contributed by atoms with E-state index in [4.69, 9.17) is 50.0 Å². The maximum atomic E-state index is 9.77. The molecule has 0 rings (SSSR count). The topological polar surface area (TPSA) is 203 Å². The van der Waals surface area contributed by atoms with Crippen molar-refractivity contribution in [3.05, 3.63) is 0 Å². The summed E-state index contributed by atoms with van der Waals surface area (Å²) in [4.78, 5) is 19.5. The van der Waals surface area contributed by atoms with Crippen LogP contribution in [-0.2, 0) is 23.8 Å². The SMILES string of the molecule is CC(C)COCCCCOCCCCO.O=C(O)C(O)C(O)C(=O)O.OCCCCOCCCCO. The van der Waals surface area contributed by atoms with E-state index in [1.807, 2.05) is 0 Å². The molecule has 12 nitrogen and oxygen atoms in total. The molecule has 0 saturated carbocycles. The van der Waals surface area contributed by atoms with Crippen LogP contribution in [0.1, 0.15) is 65.2 Å². The van der Waals surface area contributed by atoms with Crippen LogP contribution in [-0.4, -0.2) is 119 Å². The van der Waals surface area contributed by atoms with Crippen LogP contribution in [0.2, 0.25) is 0 Å². The van der Waals surface area contributed by atoms with Crippen LogP contribution in [0.4, 0.5) is 0 Å². The predicted molar refractivity (Wildman–Crippen MR) is 133 cm³/mol. The largest absolute Gasteiger partial charge is 0.479 e. The normalized spacial score (nSPS) is 12.2. The number of carboxylic acids is 2. The Bertz CT molecular complexity index is 436. The minimum absolute atomic E-state index is 0.250. The lowest BCUT2D eigenvalue weighted by Crippen LogP contribution is -2.39. The van der Waals surface area contributed by atoms with Crippen molar-refractivity contribution in [1.29, 1.82) is 0 Å². The van der Waals surface area contributed by atoms with Gasteiger partial charge in [0.25, 0.3) is 0 Å². The van der Waals surface area contributed by atoms with Crippen LogP contribution in [0.15, 0.2) is 0 Å². The molecule has 36 heavy (non-hydrogen) atoms. The van der Waals surface area contributed by atoms with Gasteiger partial charge in [-0.1, -0.05) is 13.8 Å². The summed E-state index contributed by atoms with van der Waals surface area (Å²) in [5, 5.41) is 57.9. The number of hydrogen-bond donors (Lipinski definition) is 7. The Labute approximate surface area is 214 Å². The lowest BCUT2D eigenvalue weighted by molar-refractivity contribution is -0.165.